The van der Waals surface area contributed by atoms with Crippen LogP contribution in [0.1, 0.15) is 12.5 Å². The van der Waals surface area contributed by atoms with E-state index in [0.717, 1.165) is 11.6 Å². The fraction of sp³-hybridized carbons (Fsp3) is 0.385. The van der Waals surface area contributed by atoms with Crippen LogP contribution in [-0.4, -0.2) is 24.7 Å². The van der Waals surface area contributed by atoms with E-state index in [0.29, 0.717) is 25.8 Å². The number of halogens is 2. The maximum atomic E-state index is 13.4. The summed E-state index contributed by atoms with van der Waals surface area (Å²) in [5, 5.41) is 13.4. The molecule has 0 unspecified atom stereocenters. The molecule has 0 aliphatic rings. The van der Waals surface area contributed by atoms with Gasteiger partial charge in [0.25, 0.3) is 0 Å². The van der Waals surface area contributed by atoms with E-state index in [1.807, 2.05) is 6.92 Å². The van der Waals surface area contributed by atoms with Crippen LogP contribution >= 0.6 is 0 Å². The Bertz CT molecular complexity index is 507. The smallest absolute Gasteiger partial charge is 0.305 e. The van der Waals surface area contributed by atoms with Crippen LogP contribution in [0.2, 0.25) is 0 Å². The van der Waals surface area contributed by atoms with Gasteiger partial charge >= 0.3 is 5.69 Å². The molecule has 1 aromatic carbocycles. The minimum absolute atomic E-state index is 0.0398. The standard InChI is InChI=1S/C13H16F2N2O3/c1-9(2)8-20-4-3-16-7-10-5-13(17(18)19)12(15)6-11(10)14/h5-6,16H,1,3-4,7-8H2,2H3. The highest BCUT2D eigenvalue weighted by Crippen LogP contribution is 2.21. The molecule has 1 aromatic rings. The zero-order valence-electron chi connectivity index (χ0n) is 11.1. The maximum Gasteiger partial charge on any atom is 0.305 e. The first-order valence-electron chi connectivity index (χ1n) is 5.97. The molecule has 20 heavy (non-hydrogen) atoms. The van der Waals surface area contributed by atoms with E-state index in [9.17, 15) is 18.9 Å². The summed E-state index contributed by atoms with van der Waals surface area (Å²) in [5.74, 6) is -2.00. The molecular formula is C13H16F2N2O3. The molecule has 0 bridgehead atoms. The molecule has 0 amide bonds. The van der Waals surface area contributed by atoms with Gasteiger partial charge in [0.1, 0.15) is 5.82 Å². The van der Waals surface area contributed by atoms with Crippen LogP contribution in [0.4, 0.5) is 14.5 Å². The fourth-order valence-corrected chi connectivity index (χ4v) is 1.47. The number of nitrogens with one attached hydrogen (secondary N) is 1. The molecule has 5 nitrogen and oxygen atoms in total. The second-order valence-electron chi connectivity index (χ2n) is 4.34. The molecule has 0 fully saturated rings. The SMILES string of the molecule is C=C(C)COCCNCc1cc([N+](=O)[O-])c(F)cc1F. The van der Waals surface area contributed by atoms with Crippen LogP contribution in [0.15, 0.2) is 24.3 Å². The summed E-state index contributed by atoms with van der Waals surface area (Å²) in [4.78, 5) is 9.68. The lowest BCUT2D eigenvalue weighted by molar-refractivity contribution is -0.387. The second kappa shape index (κ2) is 7.66. The maximum absolute atomic E-state index is 13.4. The van der Waals surface area contributed by atoms with Crippen molar-refractivity contribution < 1.29 is 18.4 Å². The Labute approximate surface area is 115 Å². The van der Waals surface area contributed by atoms with E-state index >= 15 is 0 Å². The first-order valence-corrected chi connectivity index (χ1v) is 5.97. The molecule has 0 aliphatic carbocycles. The van der Waals surface area contributed by atoms with Crippen molar-refractivity contribution in [2.24, 2.45) is 0 Å². The monoisotopic (exact) mass is 286 g/mol. The van der Waals surface area contributed by atoms with Gasteiger partial charge in [0.05, 0.1) is 18.1 Å². The highest BCUT2D eigenvalue weighted by molar-refractivity contribution is 5.37. The molecule has 0 saturated heterocycles. The van der Waals surface area contributed by atoms with Gasteiger partial charge in [0.15, 0.2) is 0 Å². The van der Waals surface area contributed by atoms with E-state index in [-0.39, 0.29) is 12.1 Å². The van der Waals surface area contributed by atoms with Gasteiger partial charge in [-0.1, -0.05) is 12.2 Å². The van der Waals surface area contributed by atoms with Crippen molar-refractivity contribution in [1.82, 2.24) is 5.32 Å². The van der Waals surface area contributed by atoms with Crippen LogP contribution in [-0.2, 0) is 11.3 Å². The van der Waals surface area contributed by atoms with Crippen LogP contribution in [0, 0.1) is 21.7 Å². The Kier molecular flexibility index (Phi) is 6.20. The summed E-state index contributed by atoms with van der Waals surface area (Å²) in [6.07, 6.45) is 0. The van der Waals surface area contributed by atoms with Crippen molar-refractivity contribution in [3.05, 3.63) is 51.6 Å². The molecule has 0 atom stereocenters. The van der Waals surface area contributed by atoms with Crippen molar-refractivity contribution in [3.63, 3.8) is 0 Å². The third kappa shape index (κ3) is 5.02. The quantitative estimate of drug-likeness (QED) is 0.345. The Morgan fingerprint density at radius 3 is 2.75 bits per heavy atom. The summed E-state index contributed by atoms with van der Waals surface area (Å²) in [5.41, 5.74) is 0.199. The first kappa shape index (κ1) is 16.2. The van der Waals surface area contributed by atoms with Crippen LogP contribution < -0.4 is 5.32 Å². The van der Waals surface area contributed by atoms with Gasteiger partial charge in [-0.3, -0.25) is 10.1 Å². The van der Waals surface area contributed by atoms with Crippen LogP contribution in [0.3, 0.4) is 0 Å². The van der Waals surface area contributed by atoms with Gasteiger partial charge in [-0.05, 0) is 6.92 Å². The Morgan fingerprint density at radius 1 is 1.45 bits per heavy atom. The lowest BCUT2D eigenvalue weighted by Gasteiger charge is -2.07. The van der Waals surface area contributed by atoms with E-state index in [2.05, 4.69) is 11.9 Å². The summed E-state index contributed by atoms with van der Waals surface area (Å²) in [7, 11) is 0. The molecule has 0 aliphatic heterocycles. The van der Waals surface area contributed by atoms with Gasteiger partial charge in [-0.25, -0.2) is 4.39 Å². The lowest BCUT2D eigenvalue weighted by atomic mass is 10.2. The third-order valence-electron chi connectivity index (χ3n) is 2.40. The topological polar surface area (TPSA) is 64.4 Å². The van der Waals surface area contributed by atoms with Gasteiger partial charge in [-0.2, -0.15) is 4.39 Å². The van der Waals surface area contributed by atoms with Gasteiger partial charge in [-0.15, -0.1) is 0 Å². The number of hydrogen-bond acceptors (Lipinski definition) is 4. The predicted octanol–water partition coefficient (Wildman–Crippen LogP) is 2.56. The molecule has 0 aromatic heterocycles. The normalized spacial score (nSPS) is 10.6. The average Bonchev–Trinajstić information content (AvgIpc) is 2.34. The fourth-order valence-electron chi connectivity index (χ4n) is 1.47. The average molecular weight is 286 g/mol. The largest absolute Gasteiger partial charge is 0.376 e. The molecule has 1 rings (SSSR count). The van der Waals surface area contributed by atoms with Gasteiger partial charge in [0.2, 0.25) is 5.82 Å². The third-order valence-corrected chi connectivity index (χ3v) is 2.40. The van der Waals surface area contributed by atoms with E-state index < -0.39 is 22.2 Å². The summed E-state index contributed by atoms with van der Waals surface area (Å²) in [6, 6.07) is 1.42. The molecule has 110 valence electrons. The zero-order chi connectivity index (χ0) is 15.1. The number of nitro benzene ring substituents is 1. The number of ether oxygens (including phenoxy) is 1. The highest BCUT2D eigenvalue weighted by atomic mass is 19.1. The van der Waals surface area contributed by atoms with Gasteiger partial charge < -0.3 is 10.1 Å². The first-order chi connectivity index (χ1) is 9.41. The molecule has 7 heteroatoms. The minimum atomic E-state index is -1.18. The zero-order valence-corrected chi connectivity index (χ0v) is 11.1. The molecule has 0 heterocycles. The van der Waals surface area contributed by atoms with Crippen molar-refractivity contribution in [3.8, 4) is 0 Å². The van der Waals surface area contributed by atoms with Crippen LogP contribution in [0.5, 0.6) is 0 Å². The van der Waals surface area contributed by atoms with E-state index in [1.165, 1.54) is 0 Å². The highest BCUT2D eigenvalue weighted by Gasteiger charge is 2.17. The number of nitrogens with zero attached hydrogens (tertiary/aromatic N) is 1. The molecular weight excluding hydrogens is 270 g/mol. The Balaban J connectivity index is 2.49. The van der Waals surface area contributed by atoms with Crippen molar-refractivity contribution in [2.45, 2.75) is 13.5 Å². The van der Waals surface area contributed by atoms with Crippen molar-refractivity contribution in [2.75, 3.05) is 19.8 Å². The number of rotatable bonds is 8. The molecule has 0 radical (unpaired) electrons. The second-order valence-corrected chi connectivity index (χ2v) is 4.34. The van der Waals surface area contributed by atoms with Crippen molar-refractivity contribution in [1.29, 1.82) is 0 Å². The number of nitro groups is 1. The summed E-state index contributed by atoms with van der Waals surface area (Å²) in [6.45, 7) is 6.85. The predicted molar refractivity (Wildman–Crippen MR) is 70.4 cm³/mol. The lowest BCUT2D eigenvalue weighted by Crippen LogP contribution is -2.20. The number of hydrogen-bond donors (Lipinski definition) is 1. The molecule has 0 spiro atoms. The minimum Gasteiger partial charge on any atom is -0.376 e. The molecule has 1 N–H and O–H groups in total. The van der Waals surface area contributed by atoms with Crippen LogP contribution in [0.25, 0.3) is 0 Å². The summed E-state index contributed by atoms with van der Waals surface area (Å²) < 4.78 is 31.8. The van der Waals surface area contributed by atoms with Gasteiger partial charge in [0, 0.05) is 30.8 Å². The Morgan fingerprint density at radius 2 is 2.15 bits per heavy atom. The number of benzene rings is 1. The molecule has 0 saturated carbocycles. The van der Waals surface area contributed by atoms with E-state index in [1.54, 1.807) is 0 Å². The summed E-state index contributed by atoms with van der Waals surface area (Å²) >= 11 is 0. The van der Waals surface area contributed by atoms with E-state index in [4.69, 9.17) is 4.74 Å². The Hall–Kier alpha value is -1.86. The van der Waals surface area contributed by atoms with Crippen molar-refractivity contribution >= 4 is 5.69 Å².